The predicted octanol–water partition coefficient (Wildman–Crippen LogP) is 5.85. The van der Waals surface area contributed by atoms with E-state index >= 15 is 0 Å². The molecule has 0 saturated carbocycles. The Kier molecular flexibility index (Phi) is 3.91. The Bertz CT molecular complexity index is 1340. The zero-order valence-corrected chi connectivity index (χ0v) is 16.1. The summed E-state index contributed by atoms with van der Waals surface area (Å²) in [6, 6.07) is 28.3. The first-order chi connectivity index (χ1) is 13.7. The van der Waals surface area contributed by atoms with Crippen LogP contribution >= 0.6 is 0 Å². The molecule has 0 aliphatic rings. The van der Waals surface area contributed by atoms with Gasteiger partial charge < -0.3 is 0 Å². The Morgan fingerprint density at radius 3 is 2.46 bits per heavy atom. The molecule has 0 N–H and O–H groups in total. The van der Waals surface area contributed by atoms with Crippen LogP contribution in [0.25, 0.3) is 44.1 Å². The molecule has 5 aromatic rings. The number of hydrogen-bond acceptors (Lipinski definition) is 1. The first kappa shape index (κ1) is 16.6. The van der Waals surface area contributed by atoms with Crippen molar-refractivity contribution in [2.75, 3.05) is 0 Å². The fraction of sp³-hybridized carbons (Fsp3) is 0.0769. The Balaban J connectivity index is 1.76. The van der Waals surface area contributed by atoms with Crippen LogP contribution in [0, 0.1) is 6.92 Å². The van der Waals surface area contributed by atoms with E-state index in [9.17, 15) is 0 Å². The molecule has 0 radical (unpaired) electrons. The Hall–Kier alpha value is -3.52. The van der Waals surface area contributed by atoms with Crippen LogP contribution in [0.15, 0.2) is 91.3 Å². The summed E-state index contributed by atoms with van der Waals surface area (Å²) in [6.45, 7) is 2.14. The van der Waals surface area contributed by atoms with E-state index in [1.165, 1.54) is 43.8 Å². The van der Waals surface area contributed by atoms with E-state index in [0.717, 1.165) is 5.82 Å². The maximum absolute atomic E-state index is 4.61. The molecule has 4 aromatic carbocycles. The number of aryl methyl sites for hydroxylation is 2. The van der Waals surface area contributed by atoms with E-state index in [0.29, 0.717) is 0 Å². The van der Waals surface area contributed by atoms with Crippen molar-refractivity contribution in [1.82, 2.24) is 4.98 Å². The van der Waals surface area contributed by atoms with Gasteiger partial charge in [-0.15, -0.1) is 0 Å². The Labute approximate surface area is 164 Å². The predicted molar refractivity (Wildman–Crippen MR) is 116 cm³/mol. The van der Waals surface area contributed by atoms with E-state index < -0.39 is 0 Å². The standard InChI is InChI=1S/C26H21N2/c1-18-11-12-20(17-25(18)26-27-15-6-16-28(26)2)22-9-5-10-23-21-8-4-3-7-19(21)13-14-24(22)23/h3-17H,1-2H3/q+1. The quantitative estimate of drug-likeness (QED) is 0.284. The molecule has 2 nitrogen and oxygen atoms in total. The number of nitrogens with zero attached hydrogens (tertiary/aromatic N) is 2. The third kappa shape index (κ3) is 2.66. The van der Waals surface area contributed by atoms with Gasteiger partial charge in [-0.3, -0.25) is 0 Å². The largest absolute Gasteiger partial charge is 0.330 e. The number of fused-ring (bicyclic) bond motifs is 3. The molecular weight excluding hydrogens is 340 g/mol. The summed E-state index contributed by atoms with van der Waals surface area (Å²) < 4.78 is 2.07. The zero-order chi connectivity index (χ0) is 19.1. The lowest BCUT2D eigenvalue weighted by Gasteiger charge is -2.11. The van der Waals surface area contributed by atoms with Gasteiger partial charge in [0, 0.05) is 6.07 Å². The van der Waals surface area contributed by atoms with Gasteiger partial charge in [-0.05, 0) is 56.2 Å². The molecule has 0 unspecified atom stereocenters. The number of aromatic nitrogens is 2. The summed E-state index contributed by atoms with van der Waals surface area (Å²) >= 11 is 0. The molecule has 0 amide bonds. The average molecular weight is 361 g/mol. The van der Waals surface area contributed by atoms with E-state index in [1.807, 2.05) is 25.5 Å². The van der Waals surface area contributed by atoms with Crippen molar-refractivity contribution in [1.29, 1.82) is 0 Å². The second-order valence-corrected chi connectivity index (χ2v) is 7.27. The molecule has 2 heteroatoms. The van der Waals surface area contributed by atoms with Gasteiger partial charge in [-0.1, -0.05) is 66.7 Å². The third-order valence-electron chi connectivity index (χ3n) is 5.50. The van der Waals surface area contributed by atoms with Crippen molar-refractivity contribution in [3.8, 4) is 22.5 Å². The van der Waals surface area contributed by atoms with Crippen LogP contribution in [0.5, 0.6) is 0 Å². The number of rotatable bonds is 2. The van der Waals surface area contributed by atoms with Gasteiger partial charge in [-0.2, -0.15) is 0 Å². The van der Waals surface area contributed by atoms with Crippen LogP contribution in [-0.2, 0) is 7.05 Å². The highest BCUT2D eigenvalue weighted by Gasteiger charge is 2.16. The monoisotopic (exact) mass is 361 g/mol. The molecule has 1 aromatic heterocycles. The Morgan fingerprint density at radius 2 is 1.57 bits per heavy atom. The Morgan fingerprint density at radius 1 is 0.714 bits per heavy atom. The minimum atomic E-state index is 0.979. The van der Waals surface area contributed by atoms with Crippen molar-refractivity contribution < 1.29 is 4.57 Å². The second-order valence-electron chi connectivity index (χ2n) is 7.27. The zero-order valence-electron chi connectivity index (χ0n) is 16.1. The van der Waals surface area contributed by atoms with E-state index in [4.69, 9.17) is 0 Å². The smallest absolute Gasteiger partial charge is 0.233 e. The van der Waals surface area contributed by atoms with Gasteiger partial charge in [0.2, 0.25) is 0 Å². The molecule has 0 aliphatic heterocycles. The fourth-order valence-electron chi connectivity index (χ4n) is 4.02. The highest BCUT2D eigenvalue weighted by Crippen LogP contribution is 2.35. The molecule has 0 aliphatic carbocycles. The summed E-state index contributed by atoms with van der Waals surface area (Å²) in [4.78, 5) is 4.61. The normalized spacial score (nSPS) is 11.2. The lowest BCUT2D eigenvalue weighted by Crippen LogP contribution is -2.31. The van der Waals surface area contributed by atoms with Gasteiger partial charge >= 0.3 is 5.82 Å². The van der Waals surface area contributed by atoms with E-state index in [1.54, 1.807) is 0 Å². The van der Waals surface area contributed by atoms with Crippen LogP contribution in [-0.4, -0.2) is 4.98 Å². The number of hydrogen-bond donors (Lipinski definition) is 0. The summed E-state index contributed by atoms with van der Waals surface area (Å²) in [7, 11) is 2.04. The van der Waals surface area contributed by atoms with Crippen LogP contribution < -0.4 is 4.57 Å². The molecular formula is C26H21N2+. The maximum Gasteiger partial charge on any atom is 0.330 e. The molecule has 5 rings (SSSR count). The van der Waals surface area contributed by atoms with Gasteiger partial charge in [0.1, 0.15) is 6.20 Å². The fourth-order valence-corrected chi connectivity index (χ4v) is 4.02. The molecule has 134 valence electrons. The van der Waals surface area contributed by atoms with Gasteiger partial charge in [0.15, 0.2) is 0 Å². The molecule has 28 heavy (non-hydrogen) atoms. The van der Waals surface area contributed by atoms with Crippen molar-refractivity contribution in [3.05, 3.63) is 96.8 Å². The SMILES string of the molecule is Cc1ccc(-c2cccc3c2ccc2ccccc23)cc1-c1nccc[n+]1C. The summed E-state index contributed by atoms with van der Waals surface area (Å²) in [5.74, 6) is 0.979. The summed E-state index contributed by atoms with van der Waals surface area (Å²) in [5, 5.41) is 5.14. The molecule has 0 saturated heterocycles. The van der Waals surface area contributed by atoms with Gasteiger partial charge in [0.05, 0.1) is 18.8 Å². The van der Waals surface area contributed by atoms with Gasteiger partial charge in [-0.25, -0.2) is 4.57 Å². The van der Waals surface area contributed by atoms with Crippen LogP contribution in [0.2, 0.25) is 0 Å². The maximum atomic E-state index is 4.61. The molecule has 0 fully saturated rings. The first-order valence-electron chi connectivity index (χ1n) is 9.55. The number of benzene rings is 4. The lowest BCUT2D eigenvalue weighted by atomic mass is 9.93. The summed E-state index contributed by atoms with van der Waals surface area (Å²) in [6.07, 6.45) is 3.89. The minimum absolute atomic E-state index is 0.979. The highest BCUT2D eigenvalue weighted by molar-refractivity contribution is 6.12. The van der Waals surface area contributed by atoms with Gasteiger partial charge in [0.25, 0.3) is 0 Å². The van der Waals surface area contributed by atoms with Crippen LogP contribution in [0.3, 0.4) is 0 Å². The van der Waals surface area contributed by atoms with Crippen molar-refractivity contribution in [2.45, 2.75) is 6.92 Å². The third-order valence-corrected chi connectivity index (χ3v) is 5.50. The average Bonchev–Trinajstić information content (AvgIpc) is 2.74. The molecule has 0 bridgehead atoms. The van der Waals surface area contributed by atoms with E-state index in [2.05, 4.69) is 89.3 Å². The van der Waals surface area contributed by atoms with Crippen LogP contribution in [0.4, 0.5) is 0 Å². The highest BCUT2D eigenvalue weighted by atomic mass is 15.0. The molecule has 0 atom stereocenters. The first-order valence-corrected chi connectivity index (χ1v) is 9.55. The topological polar surface area (TPSA) is 16.8 Å². The van der Waals surface area contributed by atoms with Crippen LogP contribution in [0.1, 0.15) is 5.56 Å². The minimum Gasteiger partial charge on any atom is -0.233 e. The lowest BCUT2D eigenvalue weighted by molar-refractivity contribution is -0.663. The van der Waals surface area contributed by atoms with E-state index in [-0.39, 0.29) is 0 Å². The summed E-state index contributed by atoms with van der Waals surface area (Å²) in [5.41, 5.74) is 4.86. The van der Waals surface area contributed by atoms with Crippen molar-refractivity contribution in [2.24, 2.45) is 7.05 Å². The second kappa shape index (κ2) is 6.58. The molecule has 0 spiro atoms. The van der Waals surface area contributed by atoms with Crippen molar-refractivity contribution in [3.63, 3.8) is 0 Å². The molecule has 1 heterocycles. The van der Waals surface area contributed by atoms with Crippen molar-refractivity contribution >= 4 is 21.5 Å².